The number of hydrogen-bond acceptors (Lipinski definition) is 4. The summed E-state index contributed by atoms with van der Waals surface area (Å²) in [6.45, 7) is 5.36. The van der Waals surface area contributed by atoms with Crippen molar-refractivity contribution in [2.45, 2.75) is 25.9 Å². The molecule has 33 heavy (non-hydrogen) atoms. The fourth-order valence-corrected chi connectivity index (χ4v) is 4.25. The van der Waals surface area contributed by atoms with Crippen molar-refractivity contribution in [2.24, 2.45) is 0 Å². The second-order valence-electron chi connectivity index (χ2n) is 8.41. The number of morpholine rings is 1. The molecule has 1 saturated heterocycles. The summed E-state index contributed by atoms with van der Waals surface area (Å²) in [5, 5.41) is 2.90. The maximum atomic E-state index is 13.2. The van der Waals surface area contributed by atoms with Crippen LogP contribution in [0.4, 0.5) is 0 Å². The molecular weight excluding hydrogens is 414 g/mol. The Balaban J connectivity index is 1.58. The summed E-state index contributed by atoms with van der Waals surface area (Å²) < 4.78 is 6.11. The molecule has 0 radical (unpaired) electrons. The number of aryl methyl sites for hydroxylation is 1. The van der Waals surface area contributed by atoms with E-state index in [0.717, 1.165) is 16.7 Å². The third kappa shape index (κ3) is 5.12. The van der Waals surface area contributed by atoms with Gasteiger partial charge in [0.25, 0.3) is 11.8 Å². The molecule has 0 saturated carbocycles. The Kier molecular flexibility index (Phi) is 6.84. The SMILES string of the molecule is CCNC(=O)[C@@]1(Cc2ccc(-c3cccc(C)c3)cc2)CN(C(=O)c2cccnc2)CCO1. The van der Waals surface area contributed by atoms with Crippen LogP contribution in [0.1, 0.15) is 28.4 Å². The Morgan fingerprint density at radius 1 is 1.09 bits per heavy atom. The first-order valence-electron chi connectivity index (χ1n) is 11.3. The van der Waals surface area contributed by atoms with E-state index < -0.39 is 5.60 Å². The number of amides is 2. The van der Waals surface area contributed by atoms with Crippen molar-refractivity contribution in [3.05, 3.63) is 89.7 Å². The lowest BCUT2D eigenvalue weighted by atomic mass is 9.90. The van der Waals surface area contributed by atoms with Crippen LogP contribution in [0, 0.1) is 6.92 Å². The van der Waals surface area contributed by atoms with Gasteiger partial charge in [-0.3, -0.25) is 14.6 Å². The topological polar surface area (TPSA) is 71.5 Å². The molecule has 2 aromatic carbocycles. The number of benzene rings is 2. The molecular formula is C27H29N3O3. The first-order valence-corrected chi connectivity index (χ1v) is 11.3. The maximum Gasteiger partial charge on any atom is 0.255 e. The molecule has 1 fully saturated rings. The number of hydrogen-bond donors (Lipinski definition) is 1. The van der Waals surface area contributed by atoms with Gasteiger partial charge in [-0.2, -0.15) is 0 Å². The summed E-state index contributed by atoms with van der Waals surface area (Å²) in [4.78, 5) is 32.0. The molecule has 0 spiro atoms. The van der Waals surface area contributed by atoms with E-state index in [1.807, 2.05) is 25.1 Å². The maximum absolute atomic E-state index is 13.2. The van der Waals surface area contributed by atoms with Crippen LogP contribution in [-0.2, 0) is 16.0 Å². The Morgan fingerprint density at radius 2 is 1.91 bits per heavy atom. The molecule has 1 aliphatic rings. The van der Waals surface area contributed by atoms with Crippen LogP contribution < -0.4 is 5.32 Å². The average molecular weight is 444 g/mol. The van der Waals surface area contributed by atoms with Crippen molar-refractivity contribution >= 4 is 11.8 Å². The summed E-state index contributed by atoms with van der Waals surface area (Å²) in [6, 6.07) is 20.0. The van der Waals surface area contributed by atoms with Gasteiger partial charge >= 0.3 is 0 Å². The molecule has 2 heterocycles. The summed E-state index contributed by atoms with van der Waals surface area (Å²) in [7, 11) is 0. The minimum atomic E-state index is -1.14. The van der Waals surface area contributed by atoms with E-state index in [4.69, 9.17) is 4.74 Å². The van der Waals surface area contributed by atoms with Gasteiger partial charge in [-0.25, -0.2) is 0 Å². The molecule has 1 atom stereocenters. The number of nitrogens with zero attached hydrogens (tertiary/aromatic N) is 2. The third-order valence-corrected chi connectivity index (χ3v) is 5.93. The predicted octanol–water partition coefficient (Wildman–Crippen LogP) is 3.65. The van der Waals surface area contributed by atoms with E-state index >= 15 is 0 Å². The zero-order valence-electron chi connectivity index (χ0n) is 19.1. The fraction of sp³-hybridized carbons (Fsp3) is 0.296. The average Bonchev–Trinajstić information content (AvgIpc) is 2.85. The molecule has 2 amide bonds. The van der Waals surface area contributed by atoms with Crippen LogP contribution in [0.5, 0.6) is 0 Å². The Labute approximate surface area is 194 Å². The van der Waals surface area contributed by atoms with Crippen molar-refractivity contribution in [1.82, 2.24) is 15.2 Å². The van der Waals surface area contributed by atoms with Crippen LogP contribution >= 0.6 is 0 Å². The molecule has 4 rings (SSSR count). The number of carbonyl (C=O) groups excluding carboxylic acids is 2. The van der Waals surface area contributed by atoms with E-state index in [-0.39, 0.29) is 18.4 Å². The summed E-state index contributed by atoms with van der Waals surface area (Å²) >= 11 is 0. The van der Waals surface area contributed by atoms with Crippen molar-refractivity contribution in [3.63, 3.8) is 0 Å². The lowest BCUT2D eigenvalue weighted by Crippen LogP contribution is -2.62. The lowest BCUT2D eigenvalue weighted by Gasteiger charge is -2.41. The van der Waals surface area contributed by atoms with E-state index in [9.17, 15) is 9.59 Å². The van der Waals surface area contributed by atoms with Crippen LogP contribution in [0.15, 0.2) is 73.1 Å². The Morgan fingerprint density at radius 3 is 2.61 bits per heavy atom. The van der Waals surface area contributed by atoms with Crippen molar-refractivity contribution in [2.75, 3.05) is 26.2 Å². The molecule has 170 valence electrons. The number of aromatic nitrogens is 1. The normalized spacial score (nSPS) is 18.1. The number of pyridine rings is 1. The second-order valence-corrected chi connectivity index (χ2v) is 8.41. The third-order valence-electron chi connectivity index (χ3n) is 5.93. The smallest absolute Gasteiger partial charge is 0.255 e. The lowest BCUT2D eigenvalue weighted by molar-refractivity contribution is -0.157. The first-order chi connectivity index (χ1) is 16.0. The monoisotopic (exact) mass is 443 g/mol. The summed E-state index contributed by atoms with van der Waals surface area (Å²) in [5.74, 6) is -0.341. The van der Waals surface area contributed by atoms with Gasteiger partial charge in [-0.1, -0.05) is 54.1 Å². The molecule has 1 aliphatic heterocycles. The van der Waals surface area contributed by atoms with Gasteiger partial charge in [0.05, 0.1) is 18.7 Å². The second kappa shape index (κ2) is 9.96. The first kappa shape index (κ1) is 22.7. The minimum absolute atomic E-state index is 0.144. The summed E-state index contributed by atoms with van der Waals surface area (Å²) in [5.41, 5.74) is 3.83. The highest BCUT2D eigenvalue weighted by Crippen LogP contribution is 2.27. The summed E-state index contributed by atoms with van der Waals surface area (Å²) in [6.07, 6.45) is 3.56. The van der Waals surface area contributed by atoms with E-state index in [1.165, 1.54) is 5.56 Å². The standard InChI is InChI=1S/C27H29N3O3/c1-3-29-26(32)27(19-30(14-15-33-27)25(31)24-8-5-13-28-18-24)17-21-9-11-22(12-10-21)23-7-4-6-20(2)16-23/h4-13,16,18H,3,14-15,17,19H2,1-2H3,(H,29,32)/t27-/m1/s1. The quantitative estimate of drug-likeness (QED) is 0.631. The van der Waals surface area contributed by atoms with Crippen LogP contribution in [0.25, 0.3) is 11.1 Å². The highest BCUT2D eigenvalue weighted by Gasteiger charge is 2.45. The Hall–Kier alpha value is -3.51. The van der Waals surface area contributed by atoms with Gasteiger partial charge < -0.3 is 15.0 Å². The zero-order valence-corrected chi connectivity index (χ0v) is 19.1. The number of ether oxygens (including phenoxy) is 1. The number of likely N-dealkylation sites (N-methyl/N-ethyl adjacent to an activating group) is 1. The van der Waals surface area contributed by atoms with Crippen molar-refractivity contribution in [1.29, 1.82) is 0 Å². The molecule has 0 bridgehead atoms. The number of nitrogens with one attached hydrogen (secondary N) is 1. The molecule has 0 aliphatic carbocycles. The largest absolute Gasteiger partial charge is 0.361 e. The fourth-order valence-electron chi connectivity index (χ4n) is 4.25. The highest BCUT2D eigenvalue weighted by atomic mass is 16.5. The van der Waals surface area contributed by atoms with E-state index in [0.29, 0.717) is 31.7 Å². The van der Waals surface area contributed by atoms with Crippen molar-refractivity contribution in [3.8, 4) is 11.1 Å². The van der Waals surface area contributed by atoms with E-state index in [1.54, 1.807) is 29.4 Å². The van der Waals surface area contributed by atoms with Crippen LogP contribution in [-0.4, -0.2) is 53.5 Å². The van der Waals surface area contributed by atoms with Gasteiger partial charge in [0.1, 0.15) is 0 Å². The molecule has 1 N–H and O–H groups in total. The number of carbonyl (C=O) groups is 2. The number of rotatable bonds is 6. The predicted molar refractivity (Wildman–Crippen MR) is 128 cm³/mol. The van der Waals surface area contributed by atoms with Crippen molar-refractivity contribution < 1.29 is 14.3 Å². The molecule has 1 aromatic heterocycles. The Bertz CT molecular complexity index is 1110. The van der Waals surface area contributed by atoms with Gasteiger partial charge in [0, 0.05) is 31.9 Å². The van der Waals surface area contributed by atoms with Gasteiger partial charge in [-0.05, 0) is 42.7 Å². The van der Waals surface area contributed by atoms with Gasteiger partial charge in [0.15, 0.2) is 5.60 Å². The van der Waals surface area contributed by atoms with Crippen LogP contribution in [0.3, 0.4) is 0 Å². The molecule has 3 aromatic rings. The van der Waals surface area contributed by atoms with Gasteiger partial charge in [0.2, 0.25) is 0 Å². The van der Waals surface area contributed by atoms with E-state index in [2.05, 4.69) is 47.6 Å². The highest BCUT2D eigenvalue weighted by molar-refractivity contribution is 5.95. The zero-order chi connectivity index (χ0) is 23.3. The molecule has 6 heteroatoms. The minimum Gasteiger partial charge on any atom is -0.361 e. The molecule has 6 nitrogen and oxygen atoms in total. The molecule has 0 unspecified atom stereocenters. The van der Waals surface area contributed by atoms with Gasteiger partial charge in [-0.15, -0.1) is 0 Å². The van der Waals surface area contributed by atoms with Crippen LogP contribution in [0.2, 0.25) is 0 Å².